The van der Waals surface area contributed by atoms with Gasteiger partial charge in [-0.1, -0.05) is 6.08 Å². The zero-order valence-electron chi connectivity index (χ0n) is 9.73. The van der Waals surface area contributed by atoms with Crippen LogP contribution in [0.5, 0.6) is 0 Å². The first-order chi connectivity index (χ1) is 8.15. The smallest absolute Gasteiger partial charge is 0.287 e. The summed E-state index contributed by atoms with van der Waals surface area (Å²) in [6.07, 6.45) is 3.82. The standard InChI is InChI=1S/C12H16N2O3/c1-3-4-7-13-11(15)9(2)14-12(16)10-6-5-8-17-10/h3,5-6,8-9H,1,4,7H2,2H3,(H,13,15)(H,14,16). The maximum absolute atomic E-state index is 11.5. The molecule has 0 spiro atoms. The zero-order valence-corrected chi connectivity index (χ0v) is 9.73. The van der Waals surface area contributed by atoms with Crippen LogP contribution in [0.2, 0.25) is 0 Å². The fourth-order valence-electron chi connectivity index (χ4n) is 1.19. The van der Waals surface area contributed by atoms with E-state index in [2.05, 4.69) is 17.2 Å². The van der Waals surface area contributed by atoms with E-state index in [4.69, 9.17) is 4.42 Å². The second-order valence-corrected chi connectivity index (χ2v) is 3.54. The normalized spacial score (nSPS) is 11.6. The van der Waals surface area contributed by atoms with Crippen molar-refractivity contribution in [2.24, 2.45) is 0 Å². The number of carbonyl (C=O) groups is 2. The summed E-state index contributed by atoms with van der Waals surface area (Å²) in [4.78, 5) is 23.1. The molecule has 0 aromatic carbocycles. The molecule has 0 aliphatic carbocycles. The summed E-state index contributed by atoms with van der Waals surface area (Å²) in [5.41, 5.74) is 0. The summed E-state index contributed by atoms with van der Waals surface area (Å²) in [7, 11) is 0. The molecule has 0 aliphatic rings. The molecule has 92 valence electrons. The van der Waals surface area contributed by atoms with Crippen molar-refractivity contribution in [2.75, 3.05) is 6.54 Å². The molecule has 2 amide bonds. The van der Waals surface area contributed by atoms with Crippen LogP contribution in [0, 0.1) is 0 Å². The van der Waals surface area contributed by atoms with E-state index in [-0.39, 0.29) is 11.7 Å². The lowest BCUT2D eigenvalue weighted by atomic mass is 10.3. The second-order valence-electron chi connectivity index (χ2n) is 3.54. The van der Waals surface area contributed by atoms with Crippen LogP contribution in [0.3, 0.4) is 0 Å². The van der Waals surface area contributed by atoms with Crippen LogP contribution in [-0.4, -0.2) is 24.4 Å². The summed E-state index contributed by atoms with van der Waals surface area (Å²) in [5.74, 6) is -0.441. The Morgan fingerprint density at radius 2 is 2.35 bits per heavy atom. The van der Waals surface area contributed by atoms with Crippen molar-refractivity contribution >= 4 is 11.8 Å². The minimum Gasteiger partial charge on any atom is -0.459 e. The predicted molar refractivity (Wildman–Crippen MR) is 63.5 cm³/mol. The number of carbonyl (C=O) groups excluding carboxylic acids is 2. The molecule has 1 aromatic heterocycles. The van der Waals surface area contributed by atoms with E-state index in [9.17, 15) is 9.59 Å². The highest BCUT2D eigenvalue weighted by molar-refractivity contribution is 5.95. The predicted octanol–water partition coefficient (Wildman–Crippen LogP) is 1.09. The van der Waals surface area contributed by atoms with Crippen molar-refractivity contribution in [2.45, 2.75) is 19.4 Å². The molecule has 0 aliphatic heterocycles. The van der Waals surface area contributed by atoms with E-state index in [1.54, 1.807) is 19.1 Å². The van der Waals surface area contributed by atoms with Crippen LogP contribution in [0.15, 0.2) is 35.5 Å². The number of rotatable bonds is 6. The molecule has 1 aromatic rings. The minimum absolute atomic E-state index is 0.191. The molecule has 0 bridgehead atoms. The molecule has 1 rings (SSSR count). The van der Waals surface area contributed by atoms with Crippen LogP contribution in [-0.2, 0) is 4.79 Å². The minimum atomic E-state index is -0.600. The molecular weight excluding hydrogens is 220 g/mol. The Kier molecular flexibility index (Phi) is 5.00. The number of furan rings is 1. The maximum atomic E-state index is 11.5. The van der Waals surface area contributed by atoms with Crippen molar-refractivity contribution in [3.05, 3.63) is 36.8 Å². The zero-order chi connectivity index (χ0) is 12.7. The topological polar surface area (TPSA) is 71.3 Å². The van der Waals surface area contributed by atoms with Crippen LogP contribution in [0.25, 0.3) is 0 Å². The van der Waals surface area contributed by atoms with Gasteiger partial charge >= 0.3 is 0 Å². The first kappa shape index (κ1) is 13.0. The molecule has 1 atom stereocenters. The molecule has 0 radical (unpaired) electrons. The van der Waals surface area contributed by atoms with Crippen molar-refractivity contribution in [3.63, 3.8) is 0 Å². The van der Waals surface area contributed by atoms with Crippen LogP contribution >= 0.6 is 0 Å². The number of hydrogen-bond donors (Lipinski definition) is 2. The van der Waals surface area contributed by atoms with Gasteiger partial charge in [-0.2, -0.15) is 0 Å². The Morgan fingerprint density at radius 1 is 1.59 bits per heavy atom. The summed E-state index contributed by atoms with van der Waals surface area (Å²) in [6.45, 7) is 5.68. The Hall–Kier alpha value is -2.04. The third-order valence-corrected chi connectivity index (χ3v) is 2.13. The van der Waals surface area contributed by atoms with Crippen LogP contribution in [0.1, 0.15) is 23.9 Å². The van der Waals surface area contributed by atoms with E-state index >= 15 is 0 Å². The fourth-order valence-corrected chi connectivity index (χ4v) is 1.19. The van der Waals surface area contributed by atoms with Crippen molar-refractivity contribution < 1.29 is 14.0 Å². The van der Waals surface area contributed by atoms with Crippen molar-refractivity contribution in [1.29, 1.82) is 0 Å². The molecule has 5 heteroatoms. The Labute approximate surface area is 99.9 Å². The van der Waals surface area contributed by atoms with Gasteiger partial charge in [0.05, 0.1) is 6.26 Å². The van der Waals surface area contributed by atoms with Gasteiger partial charge in [0.15, 0.2) is 5.76 Å². The molecule has 0 saturated heterocycles. The molecule has 0 fully saturated rings. The number of amides is 2. The first-order valence-corrected chi connectivity index (χ1v) is 5.38. The van der Waals surface area contributed by atoms with Crippen molar-refractivity contribution in [1.82, 2.24) is 10.6 Å². The molecule has 0 saturated carbocycles. The van der Waals surface area contributed by atoms with Crippen LogP contribution < -0.4 is 10.6 Å². The lowest BCUT2D eigenvalue weighted by molar-refractivity contribution is -0.122. The average molecular weight is 236 g/mol. The van der Waals surface area contributed by atoms with Gasteiger partial charge in [0.1, 0.15) is 6.04 Å². The highest BCUT2D eigenvalue weighted by Crippen LogP contribution is 1.99. The molecule has 5 nitrogen and oxygen atoms in total. The molecule has 1 heterocycles. The van der Waals surface area contributed by atoms with E-state index in [0.29, 0.717) is 13.0 Å². The van der Waals surface area contributed by atoms with Gasteiger partial charge in [0.2, 0.25) is 5.91 Å². The number of hydrogen-bond acceptors (Lipinski definition) is 3. The van der Waals surface area contributed by atoms with Gasteiger partial charge in [-0.05, 0) is 25.5 Å². The van der Waals surface area contributed by atoms with Crippen molar-refractivity contribution in [3.8, 4) is 0 Å². The summed E-state index contributed by atoms with van der Waals surface area (Å²) in [6, 6.07) is 2.55. The number of nitrogens with one attached hydrogen (secondary N) is 2. The third-order valence-electron chi connectivity index (χ3n) is 2.13. The third kappa shape index (κ3) is 4.14. The van der Waals surface area contributed by atoms with E-state index < -0.39 is 11.9 Å². The monoisotopic (exact) mass is 236 g/mol. The average Bonchev–Trinajstić information content (AvgIpc) is 2.82. The lowest BCUT2D eigenvalue weighted by Gasteiger charge is -2.12. The van der Waals surface area contributed by atoms with Crippen LogP contribution in [0.4, 0.5) is 0 Å². The summed E-state index contributed by atoms with van der Waals surface area (Å²) >= 11 is 0. The van der Waals surface area contributed by atoms with Gasteiger partial charge in [-0.25, -0.2) is 0 Å². The fraction of sp³-hybridized carbons (Fsp3) is 0.333. The summed E-state index contributed by atoms with van der Waals surface area (Å²) in [5, 5.41) is 5.22. The second kappa shape index (κ2) is 6.52. The largest absolute Gasteiger partial charge is 0.459 e. The molecular formula is C12H16N2O3. The SMILES string of the molecule is C=CCCNC(=O)C(C)NC(=O)c1ccco1. The van der Waals surface area contributed by atoms with Gasteiger partial charge in [0, 0.05) is 6.54 Å². The maximum Gasteiger partial charge on any atom is 0.287 e. The molecule has 17 heavy (non-hydrogen) atoms. The van der Waals surface area contributed by atoms with Gasteiger partial charge in [-0.15, -0.1) is 6.58 Å². The highest BCUT2D eigenvalue weighted by Gasteiger charge is 2.17. The molecule has 1 unspecified atom stereocenters. The lowest BCUT2D eigenvalue weighted by Crippen LogP contribution is -2.44. The Balaban J connectivity index is 2.38. The highest BCUT2D eigenvalue weighted by atomic mass is 16.3. The first-order valence-electron chi connectivity index (χ1n) is 5.38. The van der Waals surface area contributed by atoms with E-state index in [0.717, 1.165) is 0 Å². The van der Waals surface area contributed by atoms with Gasteiger partial charge < -0.3 is 15.1 Å². The molecule has 2 N–H and O–H groups in total. The van der Waals surface area contributed by atoms with E-state index in [1.807, 2.05) is 0 Å². The Morgan fingerprint density at radius 3 is 2.94 bits per heavy atom. The summed E-state index contributed by atoms with van der Waals surface area (Å²) < 4.78 is 4.92. The van der Waals surface area contributed by atoms with E-state index in [1.165, 1.54) is 12.3 Å². The van der Waals surface area contributed by atoms with Gasteiger partial charge in [-0.3, -0.25) is 9.59 Å². The van der Waals surface area contributed by atoms with Gasteiger partial charge in [0.25, 0.3) is 5.91 Å². The Bertz CT molecular complexity index is 384. The quantitative estimate of drug-likeness (QED) is 0.573.